The fraction of sp³-hybridized carbons (Fsp3) is 0.273. The summed E-state index contributed by atoms with van der Waals surface area (Å²) in [6.45, 7) is 1.81. The highest BCUT2D eigenvalue weighted by Crippen LogP contribution is 2.29. The largest absolute Gasteiger partial charge is 0.490 e. The van der Waals surface area contributed by atoms with Gasteiger partial charge in [-0.1, -0.05) is 5.92 Å². The minimum Gasteiger partial charge on any atom is -0.490 e. The SMILES string of the molecule is C#CC(C)Nc1ccc([N+](=O)[O-])c(OC)c1. The third-order valence-corrected chi connectivity index (χ3v) is 2.01. The molecule has 0 heterocycles. The molecule has 0 fully saturated rings. The second-order valence-corrected chi connectivity index (χ2v) is 3.18. The predicted molar refractivity (Wildman–Crippen MR) is 61.6 cm³/mol. The van der Waals surface area contributed by atoms with E-state index in [1.165, 1.54) is 13.2 Å². The van der Waals surface area contributed by atoms with E-state index in [0.29, 0.717) is 5.69 Å². The first kappa shape index (κ1) is 11.9. The summed E-state index contributed by atoms with van der Waals surface area (Å²) in [7, 11) is 1.39. The van der Waals surface area contributed by atoms with Crippen LogP contribution in [0.5, 0.6) is 5.75 Å². The first-order valence-corrected chi connectivity index (χ1v) is 4.63. The van der Waals surface area contributed by atoms with Crippen LogP contribution in [0.1, 0.15) is 6.92 Å². The van der Waals surface area contributed by atoms with Gasteiger partial charge in [0.2, 0.25) is 0 Å². The van der Waals surface area contributed by atoms with Crippen molar-refractivity contribution in [3.05, 3.63) is 28.3 Å². The minimum absolute atomic E-state index is 0.0681. The van der Waals surface area contributed by atoms with Crippen molar-refractivity contribution >= 4 is 11.4 Å². The van der Waals surface area contributed by atoms with Crippen molar-refractivity contribution in [2.75, 3.05) is 12.4 Å². The van der Waals surface area contributed by atoms with Gasteiger partial charge in [0.15, 0.2) is 5.75 Å². The average molecular weight is 220 g/mol. The van der Waals surface area contributed by atoms with E-state index in [-0.39, 0.29) is 17.5 Å². The van der Waals surface area contributed by atoms with E-state index < -0.39 is 4.92 Å². The first-order chi connectivity index (χ1) is 7.58. The second kappa shape index (κ2) is 5.03. The highest BCUT2D eigenvalue weighted by atomic mass is 16.6. The molecule has 1 aromatic rings. The Hall–Kier alpha value is -2.22. The molecule has 0 aliphatic carbocycles. The van der Waals surface area contributed by atoms with Crippen LogP contribution in [0.25, 0.3) is 0 Å². The number of terminal acetylenes is 1. The topological polar surface area (TPSA) is 64.4 Å². The van der Waals surface area contributed by atoms with E-state index in [1.54, 1.807) is 12.1 Å². The maximum absolute atomic E-state index is 10.6. The van der Waals surface area contributed by atoms with Gasteiger partial charge in [0.05, 0.1) is 18.1 Å². The number of hydrogen-bond donors (Lipinski definition) is 1. The van der Waals surface area contributed by atoms with Gasteiger partial charge < -0.3 is 10.1 Å². The summed E-state index contributed by atoms with van der Waals surface area (Å²) >= 11 is 0. The highest BCUT2D eigenvalue weighted by molar-refractivity contribution is 5.58. The lowest BCUT2D eigenvalue weighted by Crippen LogP contribution is -2.12. The molecule has 5 nitrogen and oxygen atoms in total. The fourth-order valence-corrected chi connectivity index (χ4v) is 1.21. The van der Waals surface area contributed by atoms with E-state index >= 15 is 0 Å². The molecule has 0 amide bonds. The summed E-state index contributed by atoms with van der Waals surface area (Å²) in [5, 5.41) is 13.6. The van der Waals surface area contributed by atoms with Gasteiger partial charge in [0.1, 0.15) is 0 Å². The Morgan fingerprint density at radius 2 is 2.31 bits per heavy atom. The predicted octanol–water partition coefficient (Wildman–Crippen LogP) is 2.04. The average Bonchev–Trinajstić information content (AvgIpc) is 2.28. The molecule has 1 rings (SSSR count). The Kier molecular flexibility index (Phi) is 3.72. The standard InChI is InChI=1S/C11H12N2O3/c1-4-8(2)12-9-5-6-10(13(14)15)11(7-9)16-3/h1,5-8,12H,2-3H3. The van der Waals surface area contributed by atoms with Crippen LogP contribution in [0.15, 0.2) is 18.2 Å². The number of rotatable bonds is 4. The molecule has 1 atom stereocenters. The maximum atomic E-state index is 10.6. The first-order valence-electron chi connectivity index (χ1n) is 4.63. The Bertz CT molecular complexity index is 437. The number of nitrogens with one attached hydrogen (secondary N) is 1. The van der Waals surface area contributed by atoms with E-state index in [0.717, 1.165) is 0 Å². The van der Waals surface area contributed by atoms with Crippen LogP contribution < -0.4 is 10.1 Å². The Labute approximate surface area is 93.6 Å². The number of nitrogens with zero attached hydrogens (tertiary/aromatic N) is 1. The lowest BCUT2D eigenvalue weighted by atomic mass is 10.2. The van der Waals surface area contributed by atoms with Gasteiger partial charge in [0, 0.05) is 17.8 Å². The molecule has 0 aliphatic heterocycles. The van der Waals surface area contributed by atoms with Gasteiger partial charge in [0.25, 0.3) is 0 Å². The van der Waals surface area contributed by atoms with Gasteiger partial charge >= 0.3 is 5.69 Å². The number of anilines is 1. The molecular weight excluding hydrogens is 208 g/mol. The van der Waals surface area contributed by atoms with Crippen LogP contribution in [0.3, 0.4) is 0 Å². The normalized spacial score (nSPS) is 11.3. The van der Waals surface area contributed by atoms with Gasteiger partial charge in [-0.05, 0) is 13.0 Å². The van der Waals surface area contributed by atoms with Crippen LogP contribution in [0.4, 0.5) is 11.4 Å². The molecule has 5 heteroatoms. The minimum atomic E-state index is -0.493. The van der Waals surface area contributed by atoms with Gasteiger partial charge in [-0.3, -0.25) is 10.1 Å². The number of nitro groups is 1. The van der Waals surface area contributed by atoms with Crippen LogP contribution >= 0.6 is 0 Å². The summed E-state index contributed by atoms with van der Waals surface area (Å²) in [4.78, 5) is 10.2. The molecular formula is C11H12N2O3. The summed E-state index contributed by atoms with van der Waals surface area (Å²) < 4.78 is 4.93. The molecule has 0 saturated heterocycles. The van der Waals surface area contributed by atoms with Gasteiger partial charge in [-0.2, -0.15) is 0 Å². The monoisotopic (exact) mass is 220 g/mol. The van der Waals surface area contributed by atoms with Crippen molar-refractivity contribution in [3.63, 3.8) is 0 Å². The van der Waals surface area contributed by atoms with E-state index in [1.807, 2.05) is 6.92 Å². The van der Waals surface area contributed by atoms with Crippen LogP contribution in [-0.2, 0) is 0 Å². The number of benzene rings is 1. The third kappa shape index (κ3) is 2.64. The zero-order valence-corrected chi connectivity index (χ0v) is 9.06. The summed E-state index contributed by atoms with van der Waals surface area (Å²) in [5.74, 6) is 2.71. The summed E-state index contributed by atoms with van der Waals surface area (Å²) in [6.07, 6.45) is 5.22. The Balaban J connectivity index is 3.00. The molecule has 0 radical (unpaired) electrons. The van der Waals surface area contributed by atoms with Crippen molar-refractivity contribution in [3.8, 4) is 18.1 Å². The van der Waals surface area contributed by atoms with Crippen molar-refractivity contribution in [1.29, 1.82) is 0 Å². The summed E-state index contributed by atoms with van der Waals surface area (Å²) in [6, 6.07) is 4.37. The zero-order valence-electron chi connectivity index (χ0n) is 9.06. The molecule has 0 bridgehead atoms. The number of nitro benzene ring substituents is 1. The van der Waals surface area contributed by atoms with Crippen molar-refractivity contribution in [2.45, 2.75) is 13.0 Å². The fourth-order valence-electron chi connectivity index (χ4n) is 1.21. The third-order valence-electron chi connectivity index (χ3n) is 2.01. The molecule has 16 heavy (non-hydrogen) atoms. The molecule has 1 N–H and O–H groups in total. The number of hydrogen-bond acceptors (Lipinski definition) is 4. The van der Waals surface area contributed by atoms with Crippen LogP contribution in [0, 0.1) is 22.5 Å². The molecule has 1 unspecified atom stereocenters. The van der Waals surface area contributed by atoms with Crippen molar-refractivity contribution in [2.24, 2.45) is 0 Å². The Morgan fingerprint density at radius 3 is 2.81 bits per heavy atom. The lowest BCUT2D eigenvalue weighted by Gasteiger charge is -2.10. The molecule has 84 valence electrons. The van der Waals surface area contributed by atoms with Crippen LogP contribution in [0.2, 0.25) is 0 Å². The number of methoxy groups -OCH3 is 1. The molecule has 1 aromatic carbocycles. The smallest absolute Gasteiger partial charge is 0.311 e. The van der Waals surface area contributed by atoms with E-state index in [2.05, 4.69) is 11.2 Å². The maximum Gasteiger partial charge on any atom is 0.311 e. The van der Waals surface area contributed by atoms with Crippen molar-refractivity contribution in [1.82, 2.24) is 0 Å². The molecule has 0 aliphatic rings. The second-order valence-electron chi connectivity index (χ2n) is 3.18. The number of ether oxygens (including phenoxy) is 1. The zero-order chi connectivity index (χ0) is 12.1. The highest BCUT2D eigenvalue weighted by Gasteiger charge is 2.14. The summed E-state index contributed by atoms with van der Waals surface area (Å²) in [5.41, 5.74) is 0.620. The van der Waals surface area contributed by atoms with E-state index in [9.17, 15) is 10.1 Å². The molecule has 0 spiro atoms. The van der Waals surface area contributed by atoms with Gasteiger partial charge in [-0.15, -0.1) is 6.42 Å². The molecule has 0 aromatic heterocycles. The molecule has 0 saturated carbocycles. The van der Waals surface area contributed by atoms with Gasteiger partial charge in [-0.25, -0.2) is 0 Å². The van der Waals surface area contributed by atoms with Crippen LogP contribution in [-0.4, -0.2) is 18.1 Å². The quantitative estimate of drug-likeness (QED) is 0.479. The Morgan fingerprint density at radius 1 is 1.62 bits per heavy atom. The van der Waals surface area contributed by atoms with Crippen molar-refractivity contribution < 1.29 is 9.66 Å². The lowest BCUT2D eigenvalue weighted by molar-refractivity contribution is -0.385. The van der Waals surface area contributed by atoms with E-state index in [4.69, 9.17) is 11.2 Å².